The molecule has 1 aliphatic heterocycles. The number of rotatable bonds is 9. The van der Waals surface area contributed by atoms with Crippen LogP contribution in [-0.4, -0.2) is 128 Å². The monoisotopic (exact) mass is 688 g/mol. The van der Waals surface area contributed by atoms with Gasteiger partial charge in [0.2, 0.25) is 0 Å². The van der Waals surface area contributed by atoms with Crippen LogP contribution in [0.4, 0.5) is 0 Å². The molecule has 4 rings (SSSR count). The molecule has 0 bridgehead atoms. The van der Waals surface area contributed by atoms with E-state index in [1.807, 2.05) is 24.4 Å². The van der Waals surface area contributed by atoms with Crippen molar-refractivity contribution in [2.45, 2.75) is 25.3 Å². The zero-order chi connectivity index (χ0) is 36.9. The molecule has 0 unspecified atom stereocenters. The summed E-state index contributed by atoms with van der Waals surface area (Å²) >= 11 is 0. The highest BCUT2D eigenvalue weighted by Gasteiger charge is 2.20. The summed E-state index contributed by atoms with van der Waals surface area (Å²) in [5.41, 5.74) is 10.2. The maximum absolute atomic E-state index is 9.10. The Morgan fingerprint density at radius 3 is 1.73 bits per heavy atom. The number of hydrogen-bond acceptors (Lipinski definition) is 11. The third kappa shape index (κ3) is 16.7. The maximum atomic E-state index is 9.10. The molecule has 2 aromatic carbocycles. The molecule has 0 aliphatic carbocycles. The topological polar surface area (TPSA) is 278 Å². The lowest BCUT2D eigenvalue weighted by Crippen LogP contribution is -2.48. The Kier molecular flexibility index (Phi) is 18.6. The summed E-state index contributed by atoms with van der Waals surface area (Å²) in [6, 6.07) is 18.8. The number of carbonyl (C=O) groups is 6. The molecule has 0 saturated carbocycles. The molecular formula is C32H40N4O13. The first-order chi connectivity index (χ1) is 23.2. The molecule has 49 heavy (non-hydrogen) atoms. The summed E-state index contributed by atoms with van der Waals surface area (Å²) < 4.78 is 5.40. The standard InChI is InChI=1S/C26H34N4O.3C2H2O4/c1-31-22-10-11-26-24(19-22)23(12-13-28-26)25(27)20-30-17-15-29(16-18-30)14-6-5-9-21-7-3-2-4-8-21;3*3-1(4)2(5)6/h2-4,7-8,10-13,19,25H,5-6,9,14-18,20,27H2,1H3;3*(H,3,4)(H,5,6)/t25-;;;/m1.../s1. The number of nitrogens with zero attached hydrogens (tertiary/aromatic N) is 3. The van der Waals surface area contributed by atoms with Crippen molar-refractivity contribution in [1.82, 2.24) is 14.8 Å². The number of methoxy groups -OCH3 is 1. The van der Waals surface area contributed by atoms with Crippen LogP contribution in [-0.2, 0) is 35.2 Å². The van der Waals surface area contributed by atoms with Gasteiger partial charge in [0.1, 0.15) is 5.75 Å². The molecule has 1 atom stereocenters. The third-order valence-corrected chi connectivity index (χ3v) is 6.88. The number of piperazine rings is 1. The molecule has 1 saturated heterocycles. The predicted octanol–water partition coefficient (Wildman–Crippen LogP) is 1.35. The Morgan fingerprint density at radius 1 is 0.735 bits per heavy atom. The van der Waals surface area contributed by atoms with E-state index in [1.54, 1.807) is 7.11 Å². The second kappa shape index (κ2) is 22.0. The van der Waals surface area contributed by atoms with E-state index in [4.69, 9.17) is 69.9 Å². The van der Waals surface area contributed by atoms with E-state index >= 15 is 0 Å². The van der Waals surface area contributed by atoms with Crippen molar-refractivity contribution in [3.8, 4) is 5.75 Å². The number of hydrogen-bond donors (Lipinski definition) is 7. The third-order valence-electron chi connectivity index (χ3n) is 6.88. The van der Waals surface area contributed by atoms with E-state index in [2.05, 4.69) is 51.2 Å². The van der Waals surface area contributed by atoms with Crippen LogP contribution in [0.3, 0.4) is 0 Å². The Labute approximate surface area is 280 Å². The van der Waals surface area contributed by atoms with Crippen molar-refractivity contribution in [2.75, 3.05) is 46.4 Å². The molecule has 8 N–H and O–H groups in total. The molecule has 1 aromatic heterocycles. The number of benzene rings is 2. The molecule has 0 spiro atoms. The molecule has 0 amide bonds. The summed E-state index contributed by atoms with van der Waals surface area (Å²) in [5, 5.41) is 45.4. The first kappa shape index (κ1) is 41.4. The second-order valence-corrected chi connectivity index (χ2v) is 10.3. The van der Waals surface area contributed by atoms with Gasteiger partial charge in [-0.2, -0.15) is 0 Å². The lowest BCUT2D eigenvalue weighted by Gasteiger charge is -2.36. The van der Waals surface area contributed by atoms with Crippen LogP contribution < -0.4 is 10.5 Å². The lowest BCUT2D eigenvalue weighted by molar-refractivity contribution is -0.159. The van der Waals surface area contributed by atoms with E-state index in [1.165, 1.54) is 31.4 Å². The number of carboxylic acid groups (broad SMARTS) is 6. The van der Waals surface area contributed by atoms with Gasteiger partial charge >= 0.3 is 35.8 Å². The van der Waals surface area contributed by atoms with Gasteiger partial charge in [-0.1, -0.05) is 30.3 Å². The van der Waals surface area contributed by atoms with Crippen LogP contribution in [0.25, 0.3) is 10.9 Å². The second-order valence-electron chi connectivity index (χ2n) is 10.3. The maximum Gasteiger partial charge on any atom is 0.414 e. The lowest BCUT2D eigenvalue weighted by atomic mass is 10.0. The van der Waals surface area contributed by atoms with Crippen molar-refractivity contribution in [3.05, 3.63) is 71.9 Å². The highest BCUT2D eigenvalue weighted by atomic mass is 16.5. The average Bonchev–Trinajstić information content (AvgIpc) is 3.08. The zero-order valence-electron chi connectivity index (χ0n) is 26.7. The van der Waals surface area contributed by atoms with Gasteiger partial charge in [-0.25, -0.2) is 28.8 Å². The first-order valence-corrected chi connectivity index (χ1v) is 14.7. The fourth-order valence-corrected chi connectivity index (χ4v) is 4.48. The molecule has 17 nitrogen and oxygen atoms in total. The minimum atomic E-state index is -1.82. The first-order valence-electron chi connectivity index (χ1n) is 14.7. The van der Waals surface area contributed by atoms with Gasteiger partial charge in [-0.3, -0.25) is 9.88 Å². The zero-order valence-corrected chi connectivity index (χ0v) is 26.7. The largest absolute Gasteiger partial charge is 0.497 e. The van der Waals surface area contributed by atoms with Crippen LogP contribution in [0.1, 0.15) is 30.0 Å². The van der Waals surface area contributed by atoms with Gasteiger partial charge in [-0.05, 0) is 61.2 Å². The minimum absolute atomic E-state index is 0.0324. The molecule has 1 fully saturated rings. The number of aromatic nitrogens is 1. The van der Waals surface area contributed by atoms with E-state index in [9.17, 15) is 0 Å². The number of carboxylic acids is 6. The van der Waals surface area contributed by atoms with Crippen molar-refractivity contribution in [1.29, 1.82) is 0 Å². The number of unbranched alkanes of at least 4 members (excludes halogenated alkanes) is 1. The highest BCUT2D eigenvalue weighted by molar-refractivity contribution is 6.28. The van der Waals surface area contributed by atoms with E-state index in [-0.39, 0.29) is 6.04 Å². The number of nitrogens with two attached hydrogens (primary N) is 1. The Morgan fingerprint density at radius 2 is 1.24 bits per heavy atom. The van der Waals surface area contributed by atoms with Crippen LogP contribution in [0, 0.1) is 0 Å². The summed E-state index contributed by atoms with van der Waals surface area (Å²) in [6.07, 6.45) is 5.56. The van der Waals surface area contributed by atoms with Crippen LogP contribution in [0.15, 0.2) is 60.8 Å². The molecular weight excluding hydrogens is 648 g/mol. The molecule has 17 heteroatoms. The van der Waals surface area contributed by atoms with Gasteiger partial charge in [0, 0.05) is 50.3 Å². The van der Waals surface area contributed by atoms with Crippen LogP contribution in [0.5, 0.6) is 5.75 Å². The molecule has 3 aromatic rings. The SMILES string of the molecule is COc1ccc2nccc([C@H](N)CN3CCN(CCCCc4ccccc4)CC3)c2c1.O=C(O)C(=O)O.O=C(O)C(=O)O.O=C(O)C(=O)O. The summed E-state index contributed by atoms with van der Waals surface area (Å²) in [5.74, 6) is -10.1. The Hall–Kier alpha value is -5.65. The quantitative estimate of drug-likeness (QED) is 0.123. The van der Waals surface area contributed by atoms with Crippen molar-refractivity contribution in [2.24, 2.45) is 5.73 Å². The van der Waals surface area contributed by atoms with E-state index in [0.29, 0.717) is 0 Å². The smallest absolute Gasteiger partial charge is 0.414 e. The number of fused-ring (bicyclic) bond motifs is 1. The van der Waals surface area contributed by atoms with Crippen molar-refractivity contribution in [3.63, 3.8) is 0 Å². The number of ether oxygens (including phenoxy) is 1. The number of aryl methyl sites for hydroxylation is 1. The summed E-state index contributed by atoms with van der Waals surface area (Å²) in [7, 11) is 1.69. The normalized spacial score (nSPS) is 13.1. The minimum Gasteiger partial charge on any atom is -0.497 e. The predicted molar refractivity (Wildman–Crippen MR) is 173 cm³/mol. The molecule has 266 valence electrons. The van der Waals surface area contributed by atoms with E-state index in [0.717, 1.165) is 54.9 Å². The molecule has 2 heterocycles. The van der Waals surface area contributed by atoms with Crippen molar-refractivity contribution < 1.29 is 64.1 Å². The van der Waals surface area contributed by atoms with Gasteiger partial charge in [0.25, 0.3) is 0 Å². The Bertz CT molecular complexity index is 1450. The number of aliphatic carboxylic acids is 6. The van der Waals surface area contributed by atoms with Crippen LogP contribution >= 0.6 is 0 Å². The Balaban J connectivity index is 0.000000548. The fourth-order valence-electron chi connectivity index (χ4n) is 4.48. The summed E-state index contributed by atoms with van der Waals surface area (Å²) in [4.78, 5) is 64.2. The average molecular weight is 689 g/mol. The van der Waals surface area contributed by atoms with Gasteiger partial charge in [-0.15, -0.1) is 0 Å². The van der Waals surface area contributed by atoms with Crippen molar-refractivity contribution >= 4 is 46.7 Å². The van der Waals surface area contributed by atoms with Gasteiger partial charge in [0.05, 0.1) is 12.6 Å². The fraction of sp³-hybridized carbons (Fsp3) is 0.344. The highest BCUT2D eigenvalue weighted by Crippen LogP contribution is 2.26. The van der Waals surface area contributed by atoms with Gasteiger partial charge in [0.15, 0.2) is 0 Å². The summed E-state index contributed by atoms with van der Waals surface area (Å²) in [6.45, 7) is 6.49. The van der Waals surface area contributed by atoms with E-state index < -0.39 is 35.8 Å². The van der Waals surface area contributed by atoms with Crippen LogP contribution in [0.2, 0.25) is 0 Å². The van der Waals surface area contributed by atoms with Gasteiger partial charge < -0.3 is 46.0 Å². The number of pyridine rings is 1. The molecule has 0 radical (unpaired) electrons. The molecule has 1 aliphatic rings.